The van der Waals surface area contributed by atoms with Crippen LogP contribution in [0.15, 0.2) is 18.2 Å². The maximum Gasteiger partial charge on any atom is 0.126 e. The molecule has 0 saturated carbocycles. The van der Waals surface area contributed by atoms with Crippen LogP contribution in [-0.2, 0) is 11.3 Å². The zero-order valence-corrected chi connectivity index (χ0v) is 10.2. The Bertz CT molecular complexity index is 328. The first-order chi connectivity index (χ1) is 7.63. The molecule has 1 aromatic rings. The van der Waals surface area contributed by atoms with Crippen LogP contribution in [0.2, 0.25) is 0 Å². The van der Waals surface area contributed by atoms with Crippen LogP contribution in [-0.4, -0.2) is 20.3 Å². The van der Waals surface area contributed by atoms with E-state index >= 15 is 0 Å². The van der Waals surface area contributed by atoms with Gasteiger partial charge in [0.1, 0.15) is 5.82 Å². The Morgan fingerprint density at radius 1 is 1.44 bits per heavy atom. The molecule has 0 aliphatic heterocycles. The SMILES string of the molecule is COCC(C)CNCc1ccc(C)c(F)c1. The lowest BCUT2D eigenvalue weighted by atomic mass is 10.1. The summed E-state index contributed by atoms with van der Waals surface area (Å²) >= 11 is 0. The Morgan fingerprint density at radius 2 is 2.19 bits per heavy atom. The number of rotatable bonds is 6. The molecule has 0 aromatic heterocycles. The summed E-state index contributed by atoms with van der Waals surface area (Å²) in [5.41, 5.74) is 1.67. The average Bonchev–Trinajstić information content (AvgIpc) is 2.24. The van der Waals surface area contributed by atoms with Crippen LogP contribution in [0.1, 0.15) is 18.1 Å². The standard InChI is InChI=1S/C13H20FNO/c1-10(9-16-3)7-15-8-12-5-4-11(2)13(14)6-12/h4-6,10,15H,7-9H2,1-3H3. The van der Waals surface area contributed by atoms with Gasteiger partial charge in [-0.25, -0.2) is 4.39 Å². The van der Waals surface area contributed by atoms with E-state index < -0.39 is 0 Å². The molecule has 1 N–H and O–H groups in total. The van der Waals surface area contributed by atoms with Crippen LogP contribution in [0, 0.1) is 18.7 Å². The quantitative estimate of drug-likeness (QED) is 0.803. The van der Waals surface area contributed by atoms with Crippen LogP contribution < -0.4 is 5.32 Å². The first-order valence-electron chi connectivity index (χ1n) is 5.58. The molecule has 0 saturated heterocycles. The van der Waals surface area contributed by atoms with Crippen LogP contribution in [0.4, 0.5) is 4.39 Å². The summed E-state index contributed by atoms with van der Waals surface area (Å²) in [6, 6.07) is 5.35. The highest BCUT2D eigenvalue weighted by atomic mass is 19.1. The van der Waals surface area contributed by atoms with Crippen molar-refractivity contribution in [1.82, 2.24) is 5.32 Å². The fraction of sp³-hybridized carbons (Fsp3) is 0.538. The van der Waals surface area contributed by atoms with Gasteiger partial charge in [0, 0.05) is 26.8 Å². The van der Waals surface area contributed by atoms with Gasteiger partial charge in [-0.05, 0) is 30.0 Å². The van der Waals surface area contributed by atoms with E-state index in [1.165, 1.54) is 0 Å². The summed E-state index contributed by atoms with van der Waals surface area (Å²) < 4.78 is 18.3. The summed E-state index contributed by atoms with van der Waals surface area (Å²) in [6.07, 6.45) is 0. The maximum absolute atomic E-state index is 13.2. The molecule has 0 spiro atoms. The number of methoxy groups -OCH3 is 1. The molecule has 0 amide bonds. The Kier molecular flexibility index (Phi) is 5.43. The second-order valence-electron chi connectivity index (χ2n) is 4.27. The van der Waals surface area contributed by atoms with Gasteiger partial charge in [-0.1, -0.05) is 19.1 Å². The lowest BCUT2D eigenvalue weighted by molar-refractivity contribution is 0.158. The molecule has 3 heteroatoms. The van der Waals surface area contributed by atoms with Gasteiger partial charge < -0.3 is 10.1 Å². The highest BCUT2D eigenvalue weighted by Gasteiger charge is 2.02. The van der Waals surface area contributed by atoms with Crippen molar-refractivity contribution >= 4 is 0 Å². The molecular formula is C13H20FNO. The van der Waals surface area contributed by atoms with E-state index in [0.717, 1.165) is 18.7 Å². The third-order valence-corrected chi connectivity index (χ3v) is 2.51. The minimum absolute atomic E-state index is 0.135. The van der Waals surface area contributed by atoms with E-state index in [-0.39, 0.29) is 5.82 Å². The minimum atomic E-state index is -0.135. The first kappa shape index (κ1) is 13.1. The van der Waals surface area contributed by atoms with E-state index in [9.17, 15) is 4.39 Å². The largest absolute Gasteiger partial charge is 0.384 e. The molecule has 0 aliphatic carbocycles. The van der Waals surface area contributed by atoms with Gasteiger partial charge in [0.25, 0.3) is 0 Å². The molecule has 1 unspecified atom stereocenters. The van der Waals surface area contributed by atoms with E-state index in [0.29, 0.717) is 18.0 Å². The Balaban J connectivity index is 2.34. The third-order valence-electron chi connectivity index (χ3n) is 2.51. The molecule has 2 nitrogen and oxygen atoms in total. The smallest absolute Gasteiger partial charge is 0.126 e. The van der Waals surface area contributed by atoms with Crippen molar-refractivity contribution in [3.05, 3.63) is 35.1 Å². The predicted molar refractivity (Wildman–Crippen MR) is 63.9 cm³/mol. The van der Waals surface area contributed by atoms with Crippen LogP contribution >= 0.6 is 0 Å². The molecule has 1 rings (SSSR count). The van der Waals surface area contributed by atoms with Gasteiger partial charge in [0.15, 0.2) is 0 Å². The highest BCUT2D eigenvalue weighted by Crippen LogP contribution is 2.08. The Morgan fingerprint density at radius 3 is 2.81 bits per heavy atom. The number of aryl methyl sites for hydroxylation is 1. The van der Waals surface area contributed by atoms with Gasteiger partial charge in [-0.15, -0.1) is 0 Å². The Labute approximate surface area is 96.8 Å². The fourth-order valence-electron chi connectivity index (χ4n) is 1.55. The molecular weight excluding hydrogens is 205 g/mol. The molecule has 90 valence electrons. The lowest BCUT2D eigenvalue weighted by Gasteiger charge is -2.11. The molecule has 1 atom stereocenters. The Hall–Kier alpha value is -0.930. The van der Waals surface area contributed by atoms with Gasteiger partial charge >= 0.3 is 0 Å². The van der Waals surface area contributed by atoms with Gasteiger partial charge in [-0.2, -0.15) is 0 Å². The van der Waals surface area contributed by atoms with Crippen molar-refractivity contribution in [2.75, 3.05) is 20.3 Å². The van der Waals surface area contributed by atoms with Crippen molar-refractivity contribution in [2.24, 2.45) is 5.92 Å². The molecule has 0 heterocycles. The highest BCUT2D eigenvalue weighted by molar-refractivity contribution is 5.23. The van der Waals surface area contributed by atoms with Crippen molar-refractivity contribution < 1.29 is 9.13 Å². The molecule has 0 bridgehead atoms. The van der Waals surface area contributed by atoms with E-state index in [4.69, 9.17) is 4.74 Å². The van der Waals surface area contributed by atoms with Crippen LogP contribution in [0.25, 0.3) is 0 Å². The number of halogens is 1. The summed E-state index contributed by atoms with van der Waals surface area (Å²) in [7, 11) is 1.70. The number of hydrogen-bond acceptors (Lipinski definition) is 2. The van der Waals surface area contributed by atoms with Gasteiger partial charge in [0.2, 0.25) is 0 Å². The number of nitrogens with one attached hydrogen (secondary N) is 1. The predicted octanol–water partition coefficient (Wildman–Crippen LogP) is 2.51. The summed E-state index contributed by atoms with van der Waals surface area (Å²) in [5.74, 6) is 0.338. The molecule has 16 heavy (non-hydrogen) atoms. The van der Waals surface area contributed by atoms with Gasteiger partial charge in [-0.3, -0.25) is 0 Å². The van der Waals surface area contributed by atoms with Crippen molar-refractivity contribution in [2.45, 2.75) is 20.4 Å². The number of ether oxygens (including phenoxy) is 1. The zero-order valence-electron chi connectivity index (χ0n) is 10.2. The minimum Gasteiger partial charge on any atom is -0.384 e. The van der Waals surface area contributed by atoms with E-state index in [1.807, 2.05) is 12.1 Å². The van der Waals surface area contributed by atoms with Crippen molar-refractivity contribution in [3.63, 3.8) is 0 Å². The van der Waals surface area contributed by atoms with E-state index in [2.05, 4.69) is 12.2 Å². The summed E-state index contributed by atoms with van der Waals surface area (Å²) in [6.45, 7) is 6.21. The lowest BCUT2D eigenvalue weighted by Crippen LogP contribution is -2.23. The second-order valence-corrected chi connectivity index (χ2v) is 4.27. The van der Waals surface area contributed by atoms with Crippen LogP contribution in [0.5, 0.6) is 0 Å². The fourth-order valence-corrected chi connectivity index (χ4v) is 1.55. The van der Waals surface area contributed by atoms with Crippen molar-refractivity contribution in [3.8, 4) is 0 Å². The molecule has 1 aromatic carbocycles. The maximum atomic E-state index is 13.2. The van der Waals surface area contributed by atoms with Crippen LogP contribution in [0.3, 0.4) is 0 Å². The molecule has 0 aliphatic rings. The van der Waals surface area contributed by atoms with E-state index in [1.54, 1.807) is 20.1 Å². The number of benzene rings is 1. The topological polar surface area (TPSA) is 21.3 Å². The zero-order chi connectivity index (χ0) is 12.0. The van der Waals surface area contributed by atoms with Gasteiger partial charge in [0.05, 0.1) is 0 Å². The van der Waals surface area contributed by atoms with Crippen molar-refractivity contribution in [1.29, 1.82) is 0 Å². The second kappa shape index (κ2) is 6.61. The normalized spacial score (nSPS) is 12.8. The monoisotopic (exact) mass is 225 g/mol. The average molecular weight is 225 g/mol. The molecule has 0 radical (unpaired) electrons. The first-order valence-corrected chi connectivity index (χ1v) is 5.58. The molecule has 0 fully saturated rings. The summed E-state index contributed by atoms with van der Waals surface area (Å²) in [5, 5.41) is 3.29. The number of hydrogen-bond donors (Lipinski definition) is 1. The summed E-state index contributed by atoms with van der Waals surface area (Å²) in [4.78, 5) is 0. The third kappa shape index (κ3) is 4.29.